The average Bonchev–Trinajstić information content (AvgIpc) is 2.39. The molecule has 2 rings (SSSR count). The molecule has 0 bridgehead atoms. The van der Waals surface area contributed by atoms with Crippen LogP contribution in [0.1, 0.15) is 11.1 Å². The fraction of sp³-hybridized carbons (Fsp3) is 0.133. The average molecular weight is 406 g/mol. The van der Waals surface area contributed by atoms with Gasteiger partial charge in [0.1, 0.15) is 0 Å². The minimum Gasteiger partial charge on any atom is -0.481 e. The van der Waals surface area contributed by atoms with E-state index in [9.17, 15) is 18.0 Å². The molecule has 0 spiro atoms. The van der Waals surface area contributed by atoms with Crippen molar-refractivity contribution in [2.45, 2.75) is 12.6 Å². The number of hydrogen-bond donors (Lipinski definition) is 1. The number of rotatable bonds is 3. The maximum absolute atomic E-state index is 12.5. The molecule has 2 aromatic carbocycles. The van der Waals surface area contributed by atoms with Crippen molar-refractivity contribution in [1.29, 1.82) is 0 Å². The van der Waals surface area contributed by atoms with Crippen LogP contribution in [0.4, 0.5) is 13.2 Å². The summed E-state index contributed by atoms with van der Waals surface area (Å²) in [5.41, 5.74) is 1.25. The molecule has 0 atom stereocenters. The highest BCUT2D eigenvalue weighted by atomic mass is 127. The van der Waals surface area contributed by atoms with Crippen molar-refractivity contribution in [3.8, 4) is 11.1 Å². The Hall–Kier alpha value is -1.57. The summed E-state index contributed by atoms with van der Waals surface area (Å²) in [6.45, 7) is 0. The summed E-state index contributed by atoms with van der Waals surface area (Å²) in [5.74, 6) is -0.949. The van der Waals surface area contributed by atoms with Gasteiger partial charge in [-0.2, -0.15) is 13.2 Å². The third kappa shape index (κ3) is 3.96. The Morgan fingerprint density at radius 1 is 1.10 bits per heavy atom. The molecule has 0 saturated carbocycles. The topological polar surface area (TPSA) is 37.3 Å². The second-order valence-electron chi connectivity index (χ2n) is 4.46. The van der Waals surface area contributed by atoms with E-state index in [1.807, 2.05) is 0 Å². The van der Waals surface area contributed by atoms with Gasteiger partial charge in [-0.3, -0.25) is 4.79 Å². The van der Waals surface area contributed by atoms with Gasteiger partial charge in [0.15, 0.2) is 0 Å². The van der Waals surface area contributed by atoms with Crippen LogP contribution in [-0.4, -0.2) is 11.1 Å². The summed E-state index contributed by atoms with van der Waals surface area (Å²) < 4.78 is 38.5. The van der Waals surface area contributed by atoms with Gasteiger partial charge in [0, 0.05) is 3.57 Å². The number of hydrogen-bond acceptors (Lipinski definition) is 1. The summed E-state index contributed by atoms with van der Waals surface area (Å²) in [6, 6.07) is 9.98. The van der Waals surface area contributed by atoms with Gasteiger partial charge in [-0.1, -0.05) is 18.2 Å². The molecule has 0 unspecified atom stereocenters. The van der Waals surface area contributed by atoms with Gasteiger partial charge in [-0.15, -0.1) is 0 Å². The van der Waals surface area contributed by atoms with Crippen LogP contribution in [0.3, 0.4) is 0 Å². The molecule has 0 radical (unpaired) electrons. The molecule has 0 aromatic heterocycles. The van der Waals surface area contributed by atoms with E-state index >= 15 is 0 Å². The van der Waals surface area contributed by atoms with Crippen molar-refractivity contribution >= 4 is 28.6 Å². The lowest BCUT2D eigenvalue weighted by Crippen LogP contribution is -2.04. The minimum atomic E-state index is -4.36. The Bertz CT molecular complexity index is 664. The van der Waals surface area contributed by atoms with E-state index in [-0.39, 0.29) is 6.42 Å². The number of aliphatic carboxylic acids is 1. The molecular weight excluding hydrogens is 396 g/mol. The Labute approximate surface area is 132 Å². The maximum atomic E-state index is 12.5. The van der Waals surface area contributed by atoms with Crippen LogP contribution in [0.25, 0.3) is 11.1 Å². The Balaban J connectivity index is 2.39. The zero-order valence-corrected chi connectivity index (χ0v) is 12.8. The highest BCUT2D eigenvalue weighted by molar-refractivity contribution is 14.1. The number of alkyl halides is 3. The first kappa shape index (κ1) is 15.8. The fourth-order valence-corrected chi connectivity index (χ4v) is 2.56. The molecule has 6 heteroatoms. The summed E-state index contributed by atoms with van der Waals surface area (Å²) in [6.07, 6.45) is -4.48. The zero-order chi connectivity index (χ0) is 15.6. The van der Waals surface area contributed by atoms with E-state index in [1.165, 1.54) is 12.1 Å². The number of carboxylic acid groups (broad SMARTS) is 1. The van der Waals surface area contributed by atoms with E-state index in [1.54, 1.807) is 18.2 Å². The molecule has 0 fully saturated rings. The number of halogens is 4. The molecule has 0 saturated heterocycles. The van der Waals surface area contributed by atoms with Crippen LogP contribution in [-0.2, 0) is 17.4 Å². The van der Waals surface area contributed by atoms with Gasteiger partial charge in [-0.25, -0.2) is 0 Å². The van der Waals surface area contributed by atoms with Gasteiger partial charge in [0.2, 0.25) is 0 Å². The first-order valence-corrected chi connectivity index (χ1v) is 7.03. The van der Waals surface area contributed by atoms with Gasteiger partial charge in [0.25, 0.3) is 0 Å². The van der Waals surface area contributed by atoms with Crippen molar-refractivity contribution in [2.75, 3.05) is 0 Å². The van der Waals surface area contributed by atoms with Crippen LogP contribution < -0.4 is 0 Å². The van der Waals surface area contributed by atoms with E-state index in [0.29, 0.717) is 11.1 Å². The largest absolute Gasteiger partial charge is 0.481 e. The van der Waals surface area contributed by atoms with Gasteiger partial charge in [-0.05, 0) is 63.5 Å². The molecule has 21 heavy (non-hydrogen) atoms. The summed E-state index contributed by atoms with van der Waals surface area (Å²) in [5, 5.41) is 8.80. The molecular formula is C15H10F3IO2. The number of benzene rings is 2. The normalized spacial score (nSPS) is 11.4. The van der Waals surface area contributed by atoms with Crippen LogP contribution >= 0.6 is 22.6 Å². The van der Waals surface area contributed by atoms with Gasteiger partial charge < -0.3 is 5.11 Å². The minimum absolute atomic E-state index is 0.120. The summed E-state index contributed by atoms with van der Waals surface area (Å²) in [7, 11) is 0. The van der Waals surface area contributed by atoms with E-state index < -0.39 is 17.7 Å². The smallest absolute Gasteiger partial charge is 0.416 e. The van der Waals surface area contributed by atoms with E-state index in [0.717, 1.165) is 21.3 Å². The Morgan fingerprint density at radius 3 is 2.24 bits per heavy atom. The molecule has 0 amide bonds. The number of carboxylic acids is 1. The Morgan fingerprint density at radius 2 is 1.71 bits per heavy atom. The molecule has 0 aliphatic heterocycles. The third-order valence-electron chi connectivity index (χ3n) is 2.91. The molecule has 1 N–H and O–H groups in total. The second kappa shape index (κ2) is 6.05. The number of carbonyl (C=O) groups is 1. The highest BCUT2D eigenvalue weighted by Crippen LogP contribution is 2.32. The zero-order valence-electron chi connectivity index (χ0n) is 10.6. The van der Waals surface area contributed by atoms with Crippen molar-refractivity contribution in [1.82, 2.24) is 0 Å². The van der Waals surface area contributed by atoms with Crippen LogP contribution in [0, 0.1) is 3.57 Å². The third-order valence-corrected chi connectivity index (χ3v) is 3.85. The van der Waals surface area contributed by atoms with E-state index in [2.05, 4.69) is 22.6 Å². The van der Waals surface area contributed by atoms with Crippen molar-refractivity contribution < 1.29 is 23.1 Å². The molecule has 2 nitrogen and oxygen atoms in total. The monoisotopic (exact) mass is 406 g/mol. The van der Waals surface area contributed by atoms with Crippen LogP contribution in [0.15, 0.2) is 42.5 Å². The second-order valence-corrected chi connectivity index (χ2v) is 5.62. The SMILES string of the molecule is O=C(O)Cc1ccc(I)c(-c2ccc(C(F)(F)F)cc2)c1. The quantitative estimate of drug-likeness (QED) is 0.757. The van der Waals surface area contributed by atoms with Gasteiger partial charge in [0.05, 0.1) is 12.0 Å². The molecule has 0 aliphatic rings. The standard InChI is InChI=1S/C15H10F3IO2/c16-15(17,18)11-4-2-10(3-5-11)12-7-9(8-14(20)21)1-6-13(12)19/h1-7H,8H2,(H,20,21). The van der Waals surface area contributed by atoms with Crippen LogP contribution in [0.5, 0.6) is 0 Å². The fourth-order valence-electron chi connectivity index (χ4n) is 1.92. The van der Waals surface area contributed by atoms with Crippen molar-refractivity contribution in [3.63, 3.8) is 0 Å². The van der Waals surface area contributed by atoms with Crippen molar-refractivity contribution in [3.05, 3.63) is 57.2 Å². The van der Waals surface area contributed by atoms with E-state index in [4.69, 9.17) is 5.11 Å². The highest BCUT2D eigenvalue weighted by Gasteiger charge is 2.30. The predicted octanol–water partition coefficient (Wildman–Crippen LogP) is 4.60. The lowest BCUT2D eigenvalue weighted by molar-refractivity contribution is -0.138. The molecule has 0 heterocycles. The summed E-state index contributed by atoms with van der Waals surface area (Å²) >= 11 is 2.07. The summed E-state index contributed by atoms with van der Waals surface area (Å²) in [4.78, 5) is 10.7. The van der Waals surface area contributed by atoms with Crippen LogP contribution in [0.2, 0.25) is 0 Å². The maximum Gasteiger partial charge on any atom is 0.416 e. The van der Waals surface area contributed by atoms with Crippen molar-refractivity contribution in [2.24, 2.45) is 0 Å². The van der Waals surface area contributed by atoms with Gasteiger partial charge >= 0.3 is 12.1 Å². The molecule has 110 valence electrons. The molecule has 0 aliphatic carbocycles. The predicted molar refractivity (Wildman–Crippen MR) is 80.9 cm³/mol. The molecule has 2 aromatic rings. The lowest BCUT2D eigenvalue weighted by atomic mass is 10.0. The first-order valence-electron chi connectivity index (χ1n) is 5.95. The first-order chi connectivity index (χ1) is 9.77. The lowest BCUT2D eigenvalue weighted by Gasteiger charge is -2.10. The Kier molecular flexibility index (Phi) is 4.55.